The van der Waals surface area contributed by atoms with Crippen LogP contribution in [0.5, 0.6) is 0 Å². The quantitative estimate of drug-likeness (QED) is 0.765. The Bertz CT molecular complexity index is 410. The van der Waals surface area contributed by atoms with Gasteiger partial charge in [-0.2, -0.15) is 5.10 Å². The van der Waals surface area contributed by atoms with Crippen LogP contribution in [0.4, 0.5) is 0 Å². The van der Waals surface area contributed by atoms with Crippen LogP contribution < -0.4 is 5.32 Å². The number of ether oxygens (including phenoxy) is 1. The molecule has 2 rings (SSSR count). The molecule has 0 radical (unpaired) electrons. The highest BCUT2D eigenvalue weighted by Crippen LogP contribution is 2.12. The highest BCUT2D eigenvalue weighted by atomic mass is 16.5. The number of hydrogen-bond donors (Lipinski definition) is 1. The summed E-state index contributed by atoms with van der Waals surface area (Å²) in [5.74, 6) is -0.282. The van der Waals surface area contributed by atoms with Gasteiger partial charge in [-0.05, 0) is 6.92 Å². The first kappa shape index (κ1) is 13.0. The lowest BCUT2D eigenvalue weighted by Gasteiger charge is -2.27. The van der Waals surface area contributed by atoms with Crippen LogP contribution in [0.3, 0.4) is 0 Å². The van der Waals surface area contributed by atoms with Crippen LogP contribution in [0.2, 0.25) is 0 Å². The van der Waals surface area contributed by atoms with Gasteiger partial charge in [0.2, 0.25) is 0 Å². The first-order valence-corrected chi connectivity index (χ1v) is 6.33. The van der Waals surface area contributed by atoms with Crippen LogP contribution in [0.15, 0.2) is 6.20 Å². The van der Waals surface area contributed by atoms with E-state index in [4.69, 9.17) is 4.74 Å². The lowest BCUT2D eigenvalue weighted by atomic mass is 10.2. The van der Waals surface area contributed by atoms with Crippen LogP contribution in [-0.2, 0) is 18.3 Å². The molecule has 2 heterocycles. The predicted octanol–water partition coefficient (Wildman–Crippen LogP) is 0.00200. The molecule has 0 aliphatic carbocycles. The molecule has 0 saturated carbocycles. The zero-order valence-electron chi connectivity index (χ0n) is 11.0. The maximum absolute atomic E-state index is 11.8. The molecule has 18 heavy (non-hydrogen) atoms. The number of aryl methyl sites for hydroxylation is 1. The van der Waals surface area contributed by atoms with E-state index in [1.807, 2.05) is 14.0 Å². The summed E-state index contributed by atoms with van der Waals surface area (Å²) in [6.07, 6.45) is 1.59. The van der Waals surface area contributed by atoms with Crippen LogP contribution in [-0.4, -0.2) is 53.4 Å². The van der Waals surface area contributed by atoms with Gasteiger partial charge in [0.15, 0.2) is 0 Å². The molecule has 0 atom stereocenters. The molecule has 6 heteroatoms. The number of piperazine rings is 1. The van der Waals surface area contributed by atoms with Gasteiger partial charge in [0.25, 0.3) is 0 Å². The molecule has 1 aliphatic heterocycles. The average molecular weight is 252 g/mol. The molecule has 100 valence electrons. The zero-order chi connectivity index (χ0) is 13.0. The van der Waals surface area contributed by atoms with Crippen molar-refractivity contribution in [3.05, 3.63) is 17.5 Å². The largest absolute Gasteiger partial charge is 0.462 e. The summed E-state index contributed by atoms with van der Waals surface area (Å²) in [4.78, 5) is 14.1. The number of esters is 1. The second-order valence-electron chi connectivity index (χ2n) is 4.38. The van der Waals surface area contributed by atoms with E-state index in [2.05, 4.69) is 15.3 Å². The lowest BCUT2D eigenvalue weighted by molar-refractivity contribution is 0.0523. The number of hydrogen-bond acceptors (Lipinski definition) is 5. The van der Waals surface area contributed by atoms with Gasteiger partial charge in [0, 0.05) is 39.8 Å². The molecule has 1 N–H and O–H groups in total. The van der Waals surface area contributed by atoms with Gasteiger partial charge >= 0.3 is 5.97 Å². The van der Waals surface area contributed by atoms with Crippen LogP contribution >= 0.6 is 0 Å². The second-order valence-corrected chi connectivity index (χ2v) is 4.38. The first-order valence-electron chi connectivity index (χ1n) is 6.33. The molecule has 0 spiro atoms. The van der Waals surface area contributed by atoms with Crippen molar-refractivity contribution < 1.29 is 9.53 Å². The van der Waals surface area contributed by atoms with Gasteiger partial charge in [-0.25, -0.2) is 4.79 Å². The fourth-order valence-corrected chi connectivity index (χ4v) is 2.11. The SMILES string of the molecule is CCOC(=O)c1cnn(C)c1CN1CCNCC1. The second kappa shape index (κ2) is 5.97. The number of carbonyl (C=O) groups is 1. The average Bonchev–Trinajstić information content (AvgIpc) is 2.73. The Balaban J connectivity index is 2.10. The van der Waals surface area contributed by atoms with Gasteiger partial charge in [-0.1, -0.05) is 0 Å². The van der Waals surface area contributed by atoms with E-state index in [0.29, 0.717) is 12.2 Å². The fraction of sp³-hybridized carbons (Fsp3) is 0.667. The number of rotatable bonds is 4. The topological polar surface area (TPSA) is 59.4 Å². The Morgan fingerprint density at radius 1 is 1.50 bits per heavy atom. The van der Waals surface area contributed by atoms with Crippen molar-refractivity contribution in [2.75, 3.05) is 32.8 Å². The Kier molecular flexibility index (Phi) is 4.33. The highest BCUT2D eigenvalue weighted by Gasteiger charge is 2.20. The van der Waals surface area contributed by atoms with E-state index in [0.717, 1.165) is 38.4 Å². The van der Waals surface area contributed by atoms with Crippen molar-refractivity contribution in [3.63, 3.8) is 0 Å². The number of aromatic nitrogens is 2. The Morgan fingerprint density at radius 2 is 2.22 bits per heavy atom. The van der Waals surface area contributed by atoms with Crippen molar-refractivity contribution in [1.29, 1.82) is 0 Å². The summed E-state index contributed by atoms with van der Waals surface area (Å²) in [6, 6.07) is 0. The van der Waals surface area contributed by atoms with E-state index >= 15 is 0 Å². The van der Waals surface area contributed by atoms with Crippen molar-refractivity contribution >= 4 is 5.97 Å². The molecule has 0 amide bonds. The van der Waals surface area contributed by atoms with Crippen LogP contribution in [0.1, 0.15) is 23.0 Å². The summed E-state index contributed by atoms with van der Waals surface area (Å²) >= 11 is 0. The highest BCUT2D eigenvalue weighted by molar-refractivity contribution is 5.90. The molecule has 1 aromatic heterocycles. The predicted molar refractivity (Wildman–Crippen MR) is 67.3 cm³/mol. The van der Waals surface area contributed by atoms with Crippen molar-refractivity contribution in [2.45, 2.75) is 13.5 Å². The number of carbonyl (C=O) groups excluding carboxylic acids is 1. The number of nitrogens with one attached hydrogen (secondary N) is 1. The molecule has 1 aromatic rings. The normalized spacial score (nSPS) is 16.8. The smallest absolute Gasteiger partial charge is 0.341 e. The Labute approximate surface area is 107 Å². The van der Waals surface area contributed by atoms with Crippen molar-refractivity contribution in [1.82, 2.24) is 20.0 Å². The molecular weight excluding hydrogens is 232 g/mol. The minimum atomic E-state index is -0.282. The molecule has 1 fully saturated rings. The van der Waals surface area contributed by atoms with Gasteiger partial charge < -0.3 is 10.1 Å². The Morgan fingerprint density at radius 3 is 2.89 bits per heavy atom. The standard InChI is InChI=1S/C12H20N4O2/c1-3-18-12(17)10-8-14-15(2)11(10)9-16-6-4-13-5-7-16/h8,13H,3-7,9H2,1-2H3. The molecule has 0 bridgehead atoms. The van der Waals surface area contributed by atoms with Crippen LogP contribution in [0.25, 0.3) is 0 Å². The molecule has 1 saturated heterocycles. The summed E-state index contributed by atoms with van der Waals surface area (Å²) < 4.78 is 6.81. The first-order chi connectivity index (χ1) is 8.72. The summed E-state index contributed by atoms with van der Waals surface area (Å²) in [6.45, 7) is 6.91. The van der Waals surface area contributed by atoms with Crippen molar-refractivity contribution in [3.8, 4) is 0 Å². The lowest BCUT2D eigenvalue weighted by Crippen LogP contribution is -2.43. The Hall–Kier alpha value is -1.40. The van der Waals surface area contributed by atoms with E-state index < -0.39 is 0 Å². The van der Waals surface area contributed by atoms with Gasteiger partial charge in [-0.15, -0.1) is 0 Å². The molecule has 0 aromatic carbocycles. The molecule has 6 nitrogen and oxygen atoms in total. The minimum absolute atomic E-state index is 0.282. The van der Waals surface area contributed by atoms with E-state index in [1.54, 1.807) is 10.9 Å². The third kappa shape index (κ3) is 2.88. The number of nitrogens with zero attached hydrogens (tertiary/aromatic N) is 3. The zero-order valence-corrected chi connectivity index (χ0v) is 11.0. The maximum Gasteiger partial charge on any atom is 0.341 e. The molecule has 0 unspecified atom stereocenters. The fourth-order valence-electron chi connectivity index (χ4n) is 2.11. The summed E-state index contributed by atoms with van der Waals surface area (Å²) in [7, 11) is 1.86. The maximum atomic E-state index is 11.8. The minimum Gasteiger partial charge on any atom is -0.462 e. The van der Waals surface area contributed by atoms with Gasteiger partial charge in [-0.3, -0.25) is 9.58 Å². The van der Waals surface area contributed by atoms with Gasteiger partial charge in [0.05, 0.1) is 18.5 Å². The van der Waals surface area contributed by atoms with E-state index in [1.165, 1.54) is 0 Å². The monoisotopic (exact) mass is 252 g/mol. The van der Waals surface area contributed by atoms with Crippen LogP contribution in [0, 0.1) is 0 Å². The summed E-state index contributed by atoms with van der Waals surface area (Å²) in [5, 5.41) is 7.47. The van der Waals surface area contributed by atoms with E-state index in [9.17, 15) is 4.79 Å². The third-order valence-corrected chi connectivity index (χ3v) is 3.14. The molecule has 1 aliphatic rings. The van der Waals surface area contributed by atoms with Crippen molar-refractivity contribution in [2.24, 2.45) is 7.05 Å². The third-order valence-electron chi connectivity index (χ3n) is 3.14. The summed E-state index contributed by atoms with van der Waals surface area (Å²) in [5.41, 5.74) is 1.51. The molecular formula is C12H20N4O2. The van der Waals surface area contributed by atoms with E-state index in [-0.39, 0.29) is 5.97 Å². The van der Waals surface area contributed by atoms with Gasteiger partial charge in [0.1, 0.15) is 5.56 Å².